The van der Waals surface area contributed by atoms with Crippen molar-refractivity contribution in [3.63, 3.8) is 0 Å². The highest BCUT2D eigenvalue weighted by molar-refractivity contribution is 5.94. The first-order valence-electron chi connectivity index (χ1n) is 6.48. The second-order valence-corrected chi connectivity index (χ2v) is 4.50. The summed E-state index contributed by atoms with van der Waals surface area (Å²) in [5.41, 5.74) is 6.98. The Balaban J connectivity index is 1.93. The van der Waals surface area contributed by atoms with E-state index in [2.05, 4.69) is 0 Å². The summed E-state index contributed by atoms with van der Waals surface area (Å²) in [5.74, 6) is 0.243. The summed E-state index contributed by atoms with van der Waals surface area (Å²) in [4.78, 5) is 11.0. The van der Waals surface area contributed by atoms with Crippen molar-refractivity contribution in [2.45, 2.75) is 6.42 Å². The third kappa shape index (κ3) is 3.89. The molecule has 110 valence electrons. The Morgan fingerprint density at radius 3 is 2.43 bits per heavy atom. The molecule has 0 unspecified atom stereocenters. The number of methoxy groups -OCH3 is 1. The molecule has 2 aromatic carbocycles. The van der Waals surface area contributed by atoms with Gasteiger partial charge in [-0.1, -0.05) is 12.1 Å². The smallest absolute Gasteiger partial charge is 0.337 e. The number of carbonyl (C=O) groups is 1. The molecule has 0 amide bonds. The zero-order valence-corrected chi connectivity index (χ0v) is 11.7. The molecule has 0 aliphatic carbocycles. The summed E-state index contributed by atoms with van der Waals surface area (Å²) in [7, 11) is 1.62. The van der Waals surface area contributed by atoms with E-state index in [1.54, 1.807) is 13.2 Å². The number of hydrogen-bond donors (Lipinski definition) is 2. The van der Waals surface area contributed by atoms with E-state index in [4.69, 9.17) is 20.3 Å². The molecule has 0 atom stereocenters. The van der Waals surface area contributed by atoms with Gasteiger partial charge in [-0.05, 0) is 35.9 Å². The van der Waals surface area contributed by atoms with Crippen LogP contribution in [0.2, 0.25) is 0 Å². The molecule has 3 N–H and O–H groups in total. The maximum Gasteiger partial charge on any atom is 0.337 e. The molecule has 5 heteroatoms. The van der Waals surface area contributed by atoms with Crippen molar-refractivity contribution in [2.24, 2.45) is 0 Å². The normalized spacial score (nSPS) is 10.1. The van der Waals surface area contributed by atoms with Gasteiger partial charge in [0.05, 0.1) is 19.3 Å². The highest BCUT2D eigenvalue weighted by Gasteiger charge is 2.09. The Kier molecular flexibility index (Phi) is 4.66. The van der Waals surface area contributed by atoms with Crippen LogP contribution in [0.1, 0.15) is 15.9 Å². The number of carboxylic acids is 1. The number of nitrogen functional groups attached to an aromatic ring is 1. The Hall–Kier alpha value is -2.69. The Bertz CT molecular complexity index is 623. The molecule has 0 spiro atoms. The summed E-state index contributed by atoms with van der Waals surface area (Å²) in [5, 5.41) is 9.00. The zero-order valence-electron chi connectivity index (χ0n) is 11.7. The molecule has 0 aromatic heterocycles. The van der Waals surface area contributed by atoms with Crippen LogP contribution in [0.15, 0.2) is 42.5 Å². The van der Waals surface area contributed by atoms with Crippen LogP contribution in [0.5, 0.6) is 11.5 Å². The highest BCUT2D eigenvalue weighted by atomic mass is 16.5. The lowest BCUT2D eigenvalue weighted by molar-refractivity contribution is 0.0697. The van der Waals surface area contributed by atoms with Gasteiger partial charge in [0, 0.05) is 12.1 Å². The van der Waals surface area contributed by atoms with Gasteiger partial charge >= 0.3 is 5.97 Å². The third-order valence-electron chi connectivity index (χ3n) is 3.07. The molecular weight excluding hydrogens is 270 g/mol. The SMILES string of the molecule is COc1ccc(CCOc2ccc(N)c(C(=O)O)c2)cc1. The molecule has 0 fully saturated rings. The van der Waals surface area contributed by atoms with Crippen molar-refractivity contribution in [2.75, 3.05) is 19.5 Å². The van der Waals surface area contributed by atoms with Crippen molar-refractivity contribution in [1.29, 1.82) is 0 Å². The van der Waals surface area contributed by atoms with Gasteiger partial charge in [-0.2, -0.15) is 0 Å². The van der Waals surface area contributed by atoms with Crippen LogP contribution < -0.4 is 15.2 Å². The molecule has 2 rings (SSSR count). The molecule has 2 aromatic rings. The molecule has 0 aliphatic rings. The lowest BCUT2D eigenvalue weighted by Crippen LogP contribution is -2.05. The number of nitrogens with two attached hydrogens (primary N) is 1. The molecule has 0 saturated carbocycles. The third-order valence-corrected chi connectivity index (χ3v) is 3.07. The second kappa shape index (κ2) is 6.65. The van der Waals surface area contributed by atoms with Gasteiger partial charge in [0.1, 0.15) is 11.5 Å². The average molecular weight is 287 g/mol. The maximum absolute atomic E-state index is 11.0. The van der Waals surface area contributed by atoms with Gasteiger partial charge < -0.3 is 20.3 Å². The van der Waals surface area contributed by atoms with Crippen LogP contribution in [0, 0.1) is 0 Å². The second-order valence-electron chi connectivity index (χ2n) is 4.50. The van der Waals surface area contributed by atoms with Crippen molar-refractivity contribution in [3.05, 3.63) is 53.6 Å². The van der Waals surface area contributed by atoms with E-state index in [9.17, 15) is 4.79 Å². The van der Waals surface area contributed by atoms with E-state index in [1.165, 1.54) is 12.1 Å². The van der Waals surface area contributed by atoms with Crippen molar-refractivity contribution < 1.29 is 19.4 Å². The van der Waals surface area contributed by atoms with E-state index < -0.39 is 5.97 Å². The lowest BCUT2D eigenvalue weighted by Gasteiger charge is -2.09. The van der Waals surface area contributed by atoms with Gasteiger partial charge in [-0.3, -0.25) is 0 Å². The topological polar surface area (TPSA) is 81.8 Å². The van der Waals surface area contributed by atoms with Crippen molar-refractivity contribution >= 4 is 11.7 Å². The van der Waals surface area contributed by atoms with E-state index >= 15 is 0 Å². The van der Waals surface area contributed by atoms with Crippen molar-refractivity contribution in [3.8, 4) is 11.5 Å². The largest absolute Gasteiger partial charge is 0.497 e. The minimum atomic E-state index is -1.06. The molecular formula is C16H17NO4. The van der Waals surface area contributed by atoms with E-state index in [-0.39, 0.29) is 11.3 Å². The monoisotopic (exact) mass is 287 g/mol. The molecule has 5 nitrogen and oxygen atoms in total. The van der Waals surface area contributed by atoms with Gasteiger partial charge in [-0.25, -0.2) is 4.79 Å². The summed E-state index contributed by atoms with van der Waals surface area (Å²) in [6.07, 6.45) is 0.719. The van der Waals surface area contributed by atoms with Crippen LogP contribution in [-0.4, -0.2) is 24.8 Å². The first kappa shape index (κ1) is 14.7. The molecule has 0 saturated heterocycles. The fourth-order valence-electron chi connectivity index (χ4n) is 1.89. The Labute approximate surface area is 122 Å². The summed E-state index contributed by atoms with van der Waals surface area (Å²) >= 11 is 0. The average Bonchev–Trinajstić information content (AvgIpc) is 2.49. The van der Waals surface area contributed by atoms with Crippen LogP contribution in [0.4, 0.5) is 5.69 Å². The maximum atomic E-state index is 11.0. The van der Waals surface area contributed by atoms with Crippen LogP contribution >= 0.6 is 0 Å². The molecule has 0 bridgehead atoms. The van der Waals surface area contributed by atoms with E-state index in [0.29, 0.717) is 12.4 Å². The van der Waals surface area contributed by atoms with Gasteiger partial charge in [0.15, 0.2) is 0 Å². The minimum Gasteiger partial charge on any atom is -0.497 e. The number of aromatic carboxylic acids is 1. The highest BCUT2D eigenvalue weighted by Crippen LogP contribution is 2.20. The number of rotatable bonds is 6. The van der Waals surface area contributed by atoms with Crippen LogP contribution in [0.3, 0.4) is 0 Å². The quantitative estimate of drug-likeness (QED) is 0.798. The van der Waals surface area contributed by atoms with Crippen LogP contribution in [0.25, 0.3) is 0 Å². The summed E-state index contributed by atoms with van der Waals surface area (Å²) in [6, 6.07) is 12.3. The summed E-state index contributed by atoms with van der Waals surface area (Å²) < 4.78 is 10.7. The molecule has 0 heterocycles. The number of anilines is 1. The van der Waals surface area contributed by atoms with Gasteiger partial charge in [-0.15, -0.1) is 0 Å². The number of benzene rings is 2. The molecule has 0 radical (unpaired) electrons. The number of hydrogen-bond acceptors (Lipinski definition) is 4. The lowest BCUT2D eigenvalue weighted by atomic mass is 10.1. The predicted octanol–water partition coefficient (Wildman–Crippen LogP) is 2.60. The number of carboxylic acid groups (broad SMARTS) is 1. The van der Waals surface area contributed by atoms with Crippen LogP contribution in [-0.2, 0) is 6.42 Å². The fourth-order valence-corrected chi connectivity index (χ4v) is 1.89. The fraction of sp³-hybridized carbons (Fsp3) is 0.188. The Morgan fingerprint density at radius 2 is 1.81 bits per heavy atom. The first-order valence-corrected chi connectivity index (χ1v) is 6.48. The molecule has 0 aliphatic heterocycles. The van der Waals surface area contributed by atoms with Gasteiger partial charge in [0.25, 0.3) is 0 Å². The minimum absolute atomic E-state index is 0.0527. The van der Waals surface area contributed by atoms with Crippen molar-refractivity contribution in [1.82, 2.24) is 0 Å². The van der Waals surface area contributed by atoms with E-state index in [0.717, 1.165) is 17.7 Å². The first-order chi connectivity index (χ1) is 10.1. The number of ether oxygens (including phenoxy) is 2. The Morgan fingerprint density at radius 1 is 1.14 bits per heavy atom. The zero-order chi connectivity index (χ0) is 15.2. The molecule has 21 heavy (non-hydrogen) atoms. The van der Waals surface area contributed by atoms with Gasteiger partial charge in [0.2, 0.25) is 0 Å². The van der Waals surface area contributed by atoms with E-state index in [1.807, 2.05) is 24.3 Å². The standard InChI is InChI=1S/C16H17NO4/c1-20-12-4-2-11(3-5-12)8-9-21-13-6-7-15(17)14(10-13)16(18)19/h2-7,10H,8-9,17H2,1H3,(H,18,19). The predicted molar refractivity (Wildman–Crippen MR) is 80.0 cm³/mol. The summed E-state index contributed by atoms with van der Waals surface area (Å²) in [6.45, 7) is 0.454.